The second-order valence-corrected chi connectivity index (χ2v) is 6.26. The quantitative estimate of drug-likeness (QED) is 0.833. The number of likely N-dealkylation sites (tertiary alicyclic amines) is 1. The Morgan fingerprint density at radius 3 is 2.40 bits per heavy atom. The highest BCUT2D eigenvalue weighted by Gasteiger charge is 2.29. The summed E-state index contributed by atoms with van der Waals surface area (Å²) in [5.41, 5.74) is 0. The van der Waals surface area contributed by atoms with Gasteiger partial charge in [0.15, 0.2) is 0 Å². The lowest BCUT2D eigenvalue weighted by Crippen LogP contribution is -2.51. The lowest BCUT2D eigenvalue weighted by molar-refractivity contribution is -0.135. The first-order valence-corrected chi connectivity index (χ1v) is 8.49. The maximum absolute atomic E-state index is 12.4. The number of amides is 1. The molecule has 0 spiro atoms. The van der Waals surface area contributed by atoms with Gasteiger partial charge in [-0.3, -0.25) is 4.79 Å². The van der Waals surface area contributed by atoms with E-state index in [0.717, 1.165) is 45.1 Å². The van der Waals surface area contributed by atoms with Crippen LogP contribution in [0.2, 0.25) is 0 Å². The Labute approximate surface area is 123 Å². The third-order valence-electron chi connectivity index (χ3n) is 4.95. The molecule has 1 amide bonds. The van der Waals surface area contributed by atoms with E-state index in [1.54, 1.807) is 0 Å². The van der Waals surface area contributed by atoms with Gasteiger partial charge in [0.1, 0.15) is 0 Å². The van der Waals surface area contributed by atoms with E-state index in [9.17, 15) is 4.79 Å². The molecule has 0 aliphatic carbocycles. The van der Waals surface area contributed by atoms with Gasteiger partial charge in [-0.25, -0.2) is 0 Å². The molecule has 1 unspecified atom stereocenters. The van der Waals surface area contributed by atoms with Crippen LogP contribution in [0.4, 0.5) is 0 Å². The Balaban J connectivity index is 1.74. The first-order chi connectivity index (χ1) is 9.74. The van der Waals surface area contributed by atoms with E-state index in [-0.39, 0.29) is 6.04 Å². The molecular formula is C16H31N3O. The number of rotatable bonds is 5. The molecule has 4 nitrogen and oxygen atoms in total. The van der Waals surface area contributed by atoms with E-state index in [1.807, 2.05) is 0 Å². The van der Waals surface area contributed by atoms with E-state index >= 15 is 0 Å². The number of carbonyl (C=O) groups is 1. The van der Waals surface area contributed by atoms with Gasteiger partial charge in [-0.1, -0.05) is 20.3 Å². The molecule has 20 heavy (non-hydrogen) atoms. The minimum Gasteiger partial charge on any atom is -0.341 e. The number of nitrogens with one attached hydrogen (secondary N) is 1. The largest absolute Gasteiger partial charge is 0.341 e. The zero-order chi connectivity index (χ0) is 14.4. The van der Waals surface area contributed by atoms with Crippen molar-refractivity contribution in [1.82, 2.24) is 15.1 Å². The summed E-state index contributed by atoms with van der Waals surface area (Å²) in [7, 11) is 0. The van der Waals surface area contributed by atoms with Crippen molar-refractivity contribution in [1.29, 1.82) is 0 Å². The third kappa shape index (κ3) is 4.19. The summed E-state index contributed by atoms with van der Waals surface area (Å²) in [6, 6.07) is 0.100. The predicted molar refractivity (Wildman–Crippen MR) is 82.7 cm³/mol. The lowest BCUT2D eigenvalue weighted by Gasteiger charge is -2.37. The minimum absolute atomic E-state index is 0.100. The highest BCUT2D eigenvalue weighted by Crippen LogP contribution is 2.20. The summed E-state index contributed by atoms with van der Waals surface area (Å²) in [6.45, 7) is 10.9. The van der Waals surface area contributed by atoms with Gasteiger partial charge in [0.2, 0.25) is 5.91 Å². The molecule has 0 aromatic rings. The highest BCUT2D eigenvalue weighted by atomic mass is 16.2. The van der Waals surface area contributed by atoms with Crippen LogP contribution in [-0.4, -0.2) is 61.0 Å². The Hall–Kier alpha value is -0.610. The van der Waals surface area contributed by atoms with Crippen molar-refractivity contribution in [3.63, 3.8) is 0 Å². The fraction of sp³-hybridized carbons (Fsp3) is 0.938. The monoisotopic (exact) mass is 281 g/mol. The normalized spacial score (nSPS) is 25.1. The van der Waals surface area contributed by atoms with Crippen LogP contribution in [-0.2, 0) is 4.79 Å². The van der Waals surface area contributed by atoms with Crippen LogP contribution < -0.4 is 5.32 Å². The Kier molecular flexibility index (Phi) is 6.30. The zero-order valence-electron chi connectivity index (χ0n) is 13.2. The molecule has 0 saturated carbocycles. The SMILES string of the molecule is CCN(CC)CC1CCN(C(=O)C2CCCCN2)CC1. The van der Waals surface area contributed by atoms with Crippen LogP contribution in [0.25, 0.3) is 0 Å². The molecular weight excluding hydrogens is 250 g/mol. The van der Waals surface area contributed by atoms with Crippen molar-refractivity contribution in [3.8, 4) is 0 Å². The van der Waals surface area contributed by atoms with E-state index < -0.39 is 0 Å². The van der Waals surface area contributed by atoms with E-state index in [1.165, 1.54) is 32.2 Å². The Morgan fingerprint density at radius 1 is 1.15 bits per heavy atom. The van der Waals surface area contributed by atoms with Gasteiger partial charge in [-0.05, 0) is 51.2 Å². The molecule has 1 N–H and O–H groups in total. The molecule has 4 heteroatoms. The van der Waals surface area contributed by atoms with Gasteiger partial charge in [0.05, 0.1) is 6.04 Å². The number of piperidine rings is 2. The van der Waals surface area contributed by atoms with Crippen molar-refractivity contribution in [2.45, 2.75) is 52.0 Å². The fourth-order valence-electron chi connectivity index (χ4n) is 3.47. The van der Waals surface area contributed by atoms with Crippen molar-refractivity contribution in [2.24, 2.45) is 5.92 Å². The van der Waals surface area contributed by atoms with Crippen LogP contribution in [0.5, 0.6) is 0 Å². The first-order valence-electron chi connectivity index (χ1n) is 8.49. The molecule has 0 bridgehead atoms. The summed E-state index contributed by atoms with van der Waals surface area (Å²) in [5.74, 6) is 1.13. The van der Waals surface area contributed by atoms with E-state index in [2.05, 4.69) is 29.0 Å². The maximum atomic E-state index is 12.4. The number of nitrogens with zero attached hydrogens (tertiary/aromatic N) is 2. The predicted octanol–water partition coefficient (Wildman–Crippen LogP) is 1.71. The molecule has 2 aliphatic heterocycles. The van der Waals surface area contributed by atoms with Crippen LogP contribution in [0.1, 0.15) is 46.0 Å². The Bertz CT molecular complexity index is 290. The minimum atomic E-state index is 0.100. The maximum Gasteiger partial charge on any atom is 0.239 e. The van der Waals surface area contributed by atoms with Crippen LogP contribution >= 0.6 is 0 Å². The van der Waals surface area contributed by atoms with Crippen molar-refractivity contribution in [3.05, 3.63) is 0 Å². The summed E-state index contributed by atoms with van der Waals surface area (Å²) < 4.78 is 0. The molecule has 2 fully saturated rings. The number of carbonyl (C=O) groups excluding carboxylic acids is 1. The molecule has 1 atom stereocenters. The molecule has 0 radical (unpaired) electrons. The van der Waals surface area contributed by atoms with Crippen molar-refractivity contribution < 1.29 is 4.79 Å². The van der Waals surface area contributed by atoms with Gasteiger partial charge in [-0.2, -0.15) is 0 Å². The van der Waals surface area contributed by atoms with Gasteiger partial charge in [0, 0.05) is 19.6 Å². The topological polar surface area (TPSA) is 35.6 Å². The van der Waals surface area contributed by atoms with E-state index in [4.69, 9.17) is 0 Å². The standard InChI is InChI=1S/C16H31N3O/c1-3-18(4-2)13-14-8-11-19(12-9-14)16(20)15-7-5-6-10-17-15/h14-15,17H,3-13H2,1-2H3. The van der Waals surface area contributed by atoms with Gasteiger partial charge >= 0.3 is 0 Å². The zero-order valence-corrected chi connectivity index (χ0v) is 13.2. The summed E-state index contributed by atoms with van der Waals surface area (Å²) in [4.78, 5) is 17.1. The Morgan fingerprint density at radius 2 is 1.85 bits per heavy atom. The second-order valence-electron chi connectivity index (χ2n) is 6.26. The average Bonchev–Trinajstić information content (AvgIpc) is 2.53. The van der Waals surface area contributed by atoms with Gasteiger partial charge < -0.3 is 15.1 Å². The molecule has 2 aliphatic rings. The van der Waals surface area contributed by atoms with Gasteiger partial charge in [-0.15, -0.1) is 0 Å². The molecule has 2 rings (SSSR count). The highest BCUT2D eigenvalue weighted by molar-refractivity contribution is 5.82. The average molecular weight is 281 g/mol. The number of hydrogen-bond donors (Lipinski definition) is 1. The van der Waals surface area contributed by atoms with Crippen LogP contribution in [0.15, 0.2) is 0 Å². The molecule has 0 aromatic carbocycles. The van der Waals surface area contributed by atoms with Crippen LogP contribution in [0, 0.1) is 5.92 Å². The molecule has 116 valence electrons. The van der Waals surface area contributed by atoms with Crippen molar-refractivity contribution >= 4 is 5.91 Å². The van der Waals surface area contributed by atoms with Crippen molar-refractivity contribution in [2.75, 3.05) is 39.3 Å². The second kappa shape index (κ2) is 7.99. The van der Waals surface area contributed by atoms with Gasteiger partial charge in [0.25, 0.3) is 0 Å². The summed E-state index contributed by atoms with van der Waals surface area (Å²) in [5, 5.41) is 3.38. The fourth-order valence-corrected chi connectivity index (χ4v) is 3.47. The molecule has 2 heterocycles. The lowest BCUT2D eigenvalue weighted by atomic mass is 9.95. The number of hydrogen-bond acceptors (Lipinski definition) is 3. The van der Waals surface area contributed by atoms with Crippen LogP contribution in [0.3, 0.4) is 0 Å². The molecule has 0 aromatic heterocycles. The first kappa shape index (κ1) is 15.8. The summed E-state index contributed by atoms with van der Waals surface area (Å²) >= 11 is 0. The van der Waals surface area contributed by atoms with E-state index in [0.29, 0.717) is 5.91 Å². The molecule has 2 saturated heterocycles. The summed E-state index contributed by atoms with van der Waals surface area (Å²) in [6.07, 6.45) is 5.79. The smallest absolute Gasteiger partial charge is 0.239 e. The third-order valence-corrected chi connectivity index (χ3v) is 4.95.